The maximum atomic E-state index is 5.72. The number of rotatable bonds is 7. The topological polar surface area (TPSA) is 21.3 Å². The molecular weight excluding hydrogens is 234 g/mol. The second kappa shape index (κ2) is 6.06. The summed E-state index contributed by atoms with van der Waals surface area (Å²) in [7, 11) is 1.82. The normalized spacial score (nSPS) is 24.2. The highest BCUT2D eigenvalue weighted by Crippen LogP contribution is 2.51. The average Bonchev–Trinajstić information content (AvgIpc) is 3.20. The van der Waals surface area contributed by atoms with Gasteiger partial charge in [0.25, 0.3) is 0 Å². The largest absolute Gasteiger partial charge is 0.377 e. The first-order valence-corrected chi connectivity index (χ1v) is 7.43. The molecule has 106 valence electrons. The summed E-state index contributed by atoms with van der Waals surface area (Å²) < 4.78 is 5.72. The fourth-order valence-corrected chi connectivity index (χ4v) is 3.01. The summed E-state index contributed by atoms with van der Waals surface area (Å²) in [6.45, 7) is 7.67. The molecular formula is C17H27NO. The van der Waals surface area contributed by atoms with Crippen LogP contribution in [0.25, 0.3) is 0 Å². The van der Waals surface area contributed by atoms with Crippen LogP contribution in [0.2, 0.25) is 0 Å². The van der Waals surface area contributed by atoms with Crippen LogP contribution in [0.15, 0.2) is 30.3 Å². The molecule has 2 heteroatoms. The molecule has 19 heavy (non-hydrogen) atoms. The minimum Gasteiger partial charge on any atom is -0.377 e. The van der Waals surface area contributed by atoms with E-state index in [0.29, 0.717) is 17.9 Å². The maximum absolute atomic E-state index is 5.72. The highest BCUT2D eigenvalue weighted by atomic mass is 16.5. The first kappa shape index (κ1) is 14.5. The van der Waals surface area contributed by atoms with Crippen molar-refractivity contribution in [1.82, 2.24) is 5.32 Å². The van der Waals surface area contributed by atoms with E-state index in [1.54, 1.807) is 0 Å². The molecule has 1 fully saturated rings. The van der Waals surface area contributed by atoms with Crippen LogP contribution in [0.3, 0.4) is 0 Å². The van der Waals surface area contributed by atoms with Crippen LogP contribution >= 0.6 is 0 Å². The monoisotopic (exact) mass is 261 g/mol. The Morgan fingerprint density at radius 3 is 2.58 bits per heavy atom. The number of benzene rings is 1. The van der Waals surface area contributed by atoms with Crippen LogP contribution in [0.5, 0.6) is 0 Å². The number of nitrogens with one attached hydrogen (secondary N) is 1. The van der Waals surface area contributed by atoms with Gasteiger partial charge in [-0.2, -0.15) is 0 Å². The first-order chi connectivity index (χ1) is 9.10. The van der Waals surface area contributed by atoms with Gasteiger partial charge in [-0.3, -0.25) is 0 Å². The summed E-state index contributed by atoms with van der Waals surface area (Å²) in [5.74, 6) is 1.40. The Morgan fingerprint density at radius 1 is 1.32 bits per heavy atom. The van der Waals surface area contributed by atoms with E-state index in [-0.39, 0.29) is 5.60 Å². The zero-order valence-corrected chi connectivity index (χ0v) is 12.6. The van der Waals surface area contributed by atoms with Crippen molar-refractivity contribution in [2.45, 2.75) is 51.2 Å². The smallest absolute Gasteiger partial charge is 0.0777 e. The number of ether oxygens (including phenoxy) is 1. The fourth-order valence-electron chi connectivity index (χ4n) is 3.01. The predicted octanol–water partition coefficient (Wildman–Crippen LogP) is 3.58. The summed E-state index contributed by atoms with van der Waals surface area (Å²) in [6.07, 6.45) is 2.44. The lowest BCUT2D eigenvalue weighted by Gasteiger charge is -2.34. The van der Waals surface area contributed by atoms with Crippen molar-refractivity contribution in [3.8, 4) is 0 Å². The van der Waals surface area contributed by atoms with E-state index in [2.05, 4.69) is 56.4 Å². The Kier molecular flexibility index (Phi) is 4.64. The molecule has 0 saturated heterocycles. The molecule has 0 amide bonds. The van der Waals surface area contributed by atoms with E-state index in [4.69, 9.17) is 4.74 Å². The Labute approximate surface area is 117 Å². The second-order valence-corrected chi connectivity index (χ2v) is 6.16. The van der Waals surface area contributed by atoms with E-state index in [9.17, 15) is 0 Å². The molecule has 0 aliphatic heterocycles. The molecule has 0 aromatic heterocycles. The van der Waals surface area contributed by atoms with Crippen LogP contribution in [-0.2, 0) is 4.74 Å². The molecule has 1 aromatic carbocycles. The van der Waals surface area contributed by atoms with Crippen LogP contribution in [0.1, 0.15) is 45.1 Å². The molecule has 1 aromatic rings. The molecule has 0 heterocycles. The van der Waals surface area contributed by atoms with E-state index >= 15 is 0 Å². The van der Waals surface area contributed by atoms with Gasteiger partial charge in [0.1, 0.15) is 0 Å². The fraction of sp³-hybridized carbons (Fsp3) is 0.647. The van der Waals surface area contributed by atoms with Crippen molar-refractivity contribution in [2.75, 3.05) is 13.7 Å². The SMILES string of the molecule is CCCNC(C1CC1c1ccccc1)C(C)(C)OC. The van der Waals surface area contributed by atoms with Gasteiger partial charge >= 0.3 is 0 Å². The van der Waals surface area contributed by atoms with Gasteiger partial charge in [-0.15, -0.1) is 0 Å². The Bertz CT molecular complexity index is 388. The van der Waals surface area contributed by atoms with Crippen LogP contribution in [-0.4, -0.2) is 25.3 Å². The van der Waals surface area contributed by atoms with Gasteiger partial charge in [-0.1, -0.05) is 37.3 Å². The molecule has 2 nitrogen and oxygen atoms in total. The van der Waals surface area contributed by atoms with E-state index in [0.717, 1.165) is 6.54 Å². The lowest BCUT2D eigenvalue weighted by molar-refractivity contribution is -0.0170. The Balaban J connectivity index is 2.05. The van der Waals surface area contributed by atoms with Crippen molar-refractivity contribution < 1.29 is 4.74 Å². The van der Waals surface area contributed by atoms with Crippen molar-refractivity contribution in [3.63, 3.8) is 0 Å². The molecule has 1 aliphatic carbocycles. The van der Waals surface area contributed by atoms with Gasteiger partial charge in [0.15, 0.2) is 0 Å². The van der Waals surface area contributed by atoms with Crippen molar-refractivity contribution in [3.05, 3.63) is 35.9 Å². The summed E-state index contributed by atoms with van der Waals surface area (Å²) in [4.78, 5) is 0. The number of hydrogen-bond donors (Lipinski definition) is 1. The quantitative estimate of drug-likeness (QED) is 0.810. The molecule has 2 rings (SSSR count). The number of methoxy groups -OCH3 is 1. The van der Waals surface area contributed by atoms with Crippen molar-refractivity contribution in [2.24, 2.45) is 5.92 Å². The maximum Gasteiger partial charge on any atom is 0.0777 e. The van der Waals surface area contributed by atoms with Gasteiger partial charge in [-0.05, 0) is 50.6 Å². The summed E-state index contributed by atoms with van der Waals surface area (Å²) >= 11 is 0. The standard InChI is InChI=1S/C17H27NO/c1-5-11-18-16(17(2,3)19-4)15-12-14(15)13-9-7-6-8-10-13/h6-10,14-16,18H,5,11-12H2,1-4H3. The third-order valence-electron chi connectivity index (χ3n) is 4.38. The van der Waals surface area contributed by atoms with E-state index in [1.165, 1.54) is 18.4 Å². The van der Waals surface area contributed by atoms with Crippen molar-refractivity contribution >= 4 is 0 Å². The van der Waals surface area contributed by atoms with Crippen LogP contribution < -0.4 is 5.32 Å². The zero-order valence-electron chi connectivity index (χ0n) is 12.6. The Hall–Kier alpha value is -0.860. The molecule has 0 bridgehead atoms. The first-order valence-electron chi connectivity index (χ1n) is 7.43. The van der Waals surface area contributed by atoms with Gasteiger partial charge in [0.05, 0.1) is 5.60 Å². The minimum atomic E-state index is -0.108. The molecule has 1 aliphatic rings. The summed E-state index contributed by atoms with van der Waals surface area (Å²) in [6, 6.07) is 11.3. The molecule has 1 N–H and O–H groups in total. The molecule has 1 saturated carbocycles. The third kappa shape index (κ3) is 3.37. The van der Waals surface area contributed by atoms with Gasteiger partial charge < -0.3 is 10.1 Å². The van der Waals surface area contributed by atoms with E-state index in [1.807, 2.05) is 7.11 Å². The summed E-state index contributed by atoms with van der Waals surface area (Å²) in [5, 5.41) is 3.70. The minimum absolute atomic E-state index is 0.108. The van der Waals surface area contributed by atoms with Crippen molar-refractivity contribution in [1.29, 1.82) is 0 Å². The van der Waals surface area contributed by atoms with Gasteiger partial charge in [0, 0.05) is 13.2 Å². The predicted molar refractivity (Wildman–Crippen MR) is 80.5 cm³/mol. The average molecular weight is 261 g/mol. The van der Waals surface area contributed by atoms with Gasteiger partial charge in [-0.25, -0.2) is 0 Å². The highest BCUT2D eigenvalue weighted by Gasteiger charge is 2.49. The summed E-state index contributed by atoms with van der Waals surface area (Å²) in [5.41, 5.74) is 1.37. The highest BCUT2D eigenvalue weighted by molar-refractivity contribution is 5.27. The molecule has 0 spiro atoms. The lowest BCUT2D eigenvalue weighted by Crippen LogP contribution is -2.50. The zero-order chi connectivity index (χ0) is 13.9. The molecule has 3 unspecified atom stereocenters. The molecule has 0 radical (unpaired) electrons. The number of hydrogen-bond acceptors (Lipinski definition) is 2. The third-order valence-corrected chi connectivity index (χ3v) is 4.38. The Morgan fingerprint density at radius 2 is 2.00 bits per heavy atom. The lowest BCUT2D eigenvalue weighted by atomic mass is 9.91. The molecule has 3 atom stereocenters. The van der Waals surface area contributed by atoms with Crippen LogP contribution in [0.4, 0.5) is 0 Å². The van der Waals surface area contributed by atoms with E-state index < -0.39 is 0 Å². The van der Waals surface area contributed by atoms with Crippen LogP contribution in [0, 0.1) is 5.92 Å². The van der Waals surface area contributed by atoms with Gasteiger partial charge in [0.2, 0.25) is 0 Å². The second-order valence-electron chi connectivity index (χ2n) is 6.16.